The van der Waals surface area contributed by atoms with E-state index in [4.69, 9.17) is 11.6 Å². The first kappa shape index (κ1) is 14.7. The minimum Gasteiger partial charge on any atom is -0.282 e. The van der Waals surface area contributed by atoms with Crippen LogP contribution in [-0.2, 0) is 10.0 Å². The van der Waals surface area contributed by atoms with Crippen LogP contribution in [0.4, 0.5) is 5.69 Å². The summed E-state index contributed by atoms with van der Waals surface area (Å²) in [5, 5.41) is 0. The van der Waals surface area contributed by atoms with E-state index in [2.05, 4.69) is 25.6 Å². The van der Waals surface area contributed by atoms with E-state index < -0.39 is 10.0 Å². The van der Waals surface area contributed by atoms with Crippen molar-refractivity contribution in [2.24, 2.45) is 5.92 Å². The lowest BCUT2D eigenvalue weighted by Gasteiger charge is -2.11. The Morgan fingerprint density at radius 3 is 2.76 bits per heavy atom. The van der Waals surface area contributed by atoms with Crippen LogP contribution >= 0.6 is 27.5 Å². The van der Waals surface area contributed by atoms with Gasteiger partial charge >= 0.3 is 0 Å². The molecule has 0 bridgehead atoms. The first-order valence-electron chi connectivity index (χ1n) is 5.02. The van der Waals surface area contributed by atoms with Crippen molar-refractivity contribution in [3.63, 3.8) is 0 Å². The van der Waals surface area contributed by atoms with Crippen molar-refractivity contribution in [3.05, 3.63) is 22.4 Å². The number of aromatic nitrogens is 1. The zero-order chi connectivity index (χ0) is 13.1. The SMILES string of the molecule is Cc1cc(NS(=O)(=O)CC(C)CCl)cnc1Br. The lowest BCUT2D eigenvalue weighted by atomic mass is 10.3. The Balaban J connectivity index is 2.80. The number of rotatable bonds is 5. The molecule has 1 aromatic heterocycles. The highest BCUT2D eigenvalue weighted by atomic mass is 79.9. The van der Waals surface area contributed by atoms with Gasteiger partial charge in [-0.2, -0.15) is 0 Å². The molecule has 0 aliphatic carbocycles. The molecular formula is C10H14BrClN2O2S. The van der Waals surface area contributed by atoms with Gasteiger partial charge in [0.2, 0.25) is 10.0 Å². The van der Waals surface area contributed by atoms with E-state index in [-0.39, 0.29) is 11.7 Å². The summed E-state index contributed by atoms with van der Waals surface area (Å²) in [5.74, 6) is 0.239. The third-order valence-electron chi connectivity index (χ3n) is 2.06. The molecule has 0 fully saturated rings. The van der Waals surface area contributed by atoms with Gasteiger partial charge in [-0.1, -0.05) is 6.92 Å². The fourth-order valence-electron chi connectivity index (χ4n) is 1.25. The van der Waals surface area contributed by atoms with E-state index in [1.807, 2.05) is 6.92 Å². The van der Waals surface area contributed by atoms with Crippen LogP contribution in [0.2, 0.25) is 0 Å². The number of aryl methyl sites for hydroxylation is 1. The molecule has 1 atom stereocenters. The van der Waals surface area contributed by atoms with E-state index in [9.17, 15) is 8.42 Å². The molecule has 1 aromatic rings. The molecule has 1 heterocycles. The summed E-state index contributed by atoms with van der Waals surface area (Å²) < 4.78 is 26.7. The molecule has 7 heteroatoms. The first-order chi connectivity index (χ1) is 7.84. The van der Waals surface area contributed by atoms with E-state index in [1.165, 1.54) is 6.20 Å². The van der Waals surface area contributed by atoms with Gasteiger partial charge in [0.15, 0.2) is 0 Å². The molecule has 1 N–H and O–H groups in total. The Kier molecular flexibility index (Phi) is 5.22. The monoisotopic (exact) mass is 340 g/mol. The average Bonchev–Trinajstić information content (AvgIpc) is 2.22. The molecule has 0 aliphatic heterocycles. The Morgan fingerprint density at radius 1 is 1.59 bits per heavy atom. The van der Waals surface area contributed by atoms with Crippen LogP contribution in [0.15, 0.2) is 16.9 Å². The number of alkyl halides is 1. The van der Waals surface area contributed by atoms with E-state index in [1.54, 1.807) is 13.0 Å². The molecule has 96 valence electrons. The van der Waals surface area contributed by atoms with Crippen molar-refractivity contribution >= 4 is 43.2 Å². The van der Waals surface area contributed by atoms with Crippen molar-refractivity contribution in [3.8, 4) is 0 Å². The van der Waals surface area contributed by atoms with Crippen molar-refractivity contribution in [1.82, 2.24) is 4.98 Å². The molecular weight excluding hydrogens is 328 g/mol. The highest BCUT2D eigenvalue weighted by Crippen LogP contribution is 2.18. The third kappa shape index (κ3) is 4.81. The zero-order valence-electron chi connectivity index (χ0n) is 9.57. The number of nitrogens with one attached hydrogen (secondary N) is 1. The molecule has 0 saturated carbocycles. The van der Waals surface area contributed by atoms with E-state index >= 15 is 0 Å². The van der Waals surface area contributed by atoms with Crippen LogP contribution < -0.4 is 4.72 Å². The normalized spacial score (nSPS) is 13.4. The molecule has 1 unspecified atom stereocenters. The van der Waals surface area contributed by atoms with Crippen molar-refractivity contribution < 1.29 is 8.42 Å². The van der Waals surface area contributed by atoms with Crippen LogP contribution in [0.25, 0.3) is 0 Å². The largest absolute Gasteiger partial charge is 0.282 e. The van der Waals surface area contributed by atoms with Gasteiger partial charge in [-0.3, -0.25) is 4.72 Å². The minimum atomic E-state index is -3.37. The van der Waals surface area contributed by atoms with Gasteiger partial charge in [-0.25, -0.2) is 13.4 Å². The van der Waals surface area contributed by atoms with Gasteiger partial charge in [0.05, 0.1) is 17.6 Å². The standard InChI is InChI=1S/C10H14BrClN2O2S/c1-7(4-12)6-17(15,16)14-9-3-8(2)10(11)13-5-9/h3,5,7,14H,4,6H2,1-2H3. The summed E-state index contributed by atoms with van der Waals surface area (Å²) >= 11 is 8.85. The molecule has 0 aromatic carbocycles. The quantitative estimate of drug-likeness (QED) is 0.662. The summed E-state index contributed by atoms with van der Waals surface area (Å²) in [6, 6.07) is 1.72. The maximum Gasteiger partial charge on any atom is 0.233 e. The smallest absolute Gasteiger partial charge is 0.233 e. The molecule has 1 rings (SSSR count). The molecule has 0 aliphatic rings. The fourth-order valence-corrected chi connectivity index (χ4v) is 3.13. The second-order valence-electron chi connectivity index (χ2n) is 3.97. The summed E-state index contributed by atoms with van der Waals surface area (Å²) in [7, 11) is -3.37. The molecule has 0 radical (unpaired) electrons. The number of halogens is 2. The second-order valence-corrected chi connectivity index (χ2v) is 6.80. The highest BCUT2D eigenvalue weighted by Gasteiger charge is 2.15. The Bertz CT molecular complexity index is 493. The molecule has 17 heavy (non-hydrogen) atoms. The maximum absolute atomic E-state index is 11.8. The Labute approximate surface area is 115 Å². The lowest BCUT2D eigenvalue weighted by molar-refractivity contribution is 0.588. The highest BCUT2D eigenvalue weighted by molar-refractivity contribution is 9.10. The van der Waals surface area contributed by atoms with Crippen LogP contribution in [0.3, 0.4) is 0 Å². The van der Waals surface area contributed by atoms with Crippen LogP contribution in [-0.4, -0.2) is 25.0 Å². The second kappa shape index (κ2) is 6.02. The average molecular weight is 342 g/mol. The maximum atomic E-state index is 11.8. The minimum absolute atomic E-state index is 0.00557. The number of hydrogen-bond acceptors (Lipinski definition) is 3. The van der Waals surface area contributed by atoms with Gasteiger partial charge < -0.3 is 0 Å². The van der Waals surface area contributed by atoms with Gasteiger partial charge in [0.1, 0.15) is 4.60 Å². The van der Waals surface area contributed by atoms with Gasteiger partial charge in [-0.05, 0) is 40.4 Å². The van der Waals surface area contributed by atoms with E-state index in [0.29, 0.717) is 16.2 Å². The molecule has 0 saturated heterocycles. The van der Waals surface area contributed by atoms with Crippen molar-refractivity contribution in [2.75, 3.05) is 16.4 Å². The van der Waals surface area contributed by atoms with Gasteiger partial charge in [0.25, 0.3) is 0 Å². The predicted molar refractivity (Wildman–Crippen MR) is 74.0 cm³/mol. The number of anilines is 1. The molecule has 0 amide bonds. The fraction of sp³-hybridized carbons (Fsp3) is 0.500. The summed E-state index contributed by atoms with van der Waals surface area (Å²) in [6.07, 6.45) is 1.47. The number of sulfonamides is 1. The van der Waals surface area contributed by atoms with Crippen molar-refractivity contribution in [1.29, 1.82) is 0 Å². The number of hydrogen-bond donors (Lipinski definition) is 1. The summed E-state index contributed by atoms with van der Waals surface area (Å²) in [5.41, 5.74) is 1.34. The van der Waals surface area contributed by atoms with Crippen LogP contribution in [0.5, 0.6) is 0 Å². The number of nitrogens with zero attached hydrogens (tertiary/aromatic N) is 1. The van der Waals surface area contributed by atoms with Crippen LogP contribution in [0.1, 0.15) is 12.5 Å². The van der Waals surface area contributed by atoms with Crippen LogP contribution in [0, 0.1) is 12.8 Å². The molecule has 0 spiro atoms. The molecule has 4 nitrogen and oxygen atoms in total. The third-order valence-corrected chi connectivity index (χ3v) is 4.97. The zero-order valence-corrected chi connectivity index (χ0v) is 12.7. The van der Waals surface area contributed by atoms with Gasteiger partial charge in [0, 0.05) is 5.88 Å². The van der Waals surface area contributed by atoms with E-state index in [0.717, 1.165) is 5.56 Å². The summed E-state index contributed by atoms with van der Waals surface area (Å²) in [4.78, 5) is 4.03. The number of pyridine rings is 1. The first-order valence-corrected chi connectivity index (χ1v) is 8.00. The predicted octanol–water partition coefficient (Wildman–Crippen LogP) is 2.77. The topological polar surface area (TPSA) is 59.1 Å². The van der Waals surface area contributed by atoms with Crippen molar-refractivity contribution in [2.45, 2.75) is 13.8 Å². The Morgan fingerprint density at radius 2 is 2.24 bits per heavy atom. The lowest BCUT2D eigenvalue weighted by Crippen LogP contribution is -2.22. The van der Waals surface area contributed by atoms with Gasteiger partial charge in [-0.15, -0.1) is 11.6 Å². The Hall–Kier alpha value is -0.330. The summed E-state index contributed by atoms with van der Waals surface area (Å²) in [6.45, 7) is 3.63.